The topological polar surface area (TPSA) is 92.8 Å². The molecule has 138 valence electrons. The standard InChI is InChI=1S/C18H21N3O3S2/c1-2-3-8-13-26(23,24)17(16-11-6-7-12-19-16)25(22)18-20-14-9-4-5-10-15(14)21-18/h4-7,9-12,17H,2-3,8,13H2,1H3,(H,20,21). The minimum atomic E-state index is -3.66. The average molecular weight is 392 g/mol. The van der Waals surface area contributed by atoms with Crippen molar-refractivity contribution in [3.05, 3.63) is 54.4 Å². The number of aromatic amines is 1. The lowest BCUT2D eigenvalue weighted by atomic mass is 10.3. The molecule has 0 aliphatic heterocycles. The smallest absolute Gasteiger partial charge is 0.199 e. The zero-order valence-electron chi connectivity index (χ0n) is 14.5. The number of fused-ring (bicyclic) bond motifs is 1. The van der Waals surface area contributed by atoms with Crippen molar-refractivity contribution in [2.24, 2.45) is 0 Å². The Bertz CT molecular complexity index is 968. The van der Waals surface area contributed by atoms with Crippen molar-refractivity contribution in [1.82, 2.24) is 15.0 Å². The summed E-state index contributed by atoms with van der Waals surface area (Å²) in [5.74, 6) is -0.0198. The Kier molecular flexibility index (Phi) is 5.83. The monoisotopic (exact) mass is 391 g/mol. The maximum Gasteiger partial charge on any atom is 0.199 e. The van der Waals surface area contributed by atoms with Gasteiger partial charge in [-0.05, 0) is 30.7 Å². The quantitative estimate of drug-likeness (QED) is 0.594. The van der Waals surface area contributed by atoms with E-state index in [9.17, 15) is 12.6 Å². The second-order valence-corrected chi connectivity index (χ2v) is 9.97. The van der Waals surface area contributed by atoms with Gasteiger partial charge in [-0.25, -0.2) is 17.6 Å². The van der Waals surface area contributed by atoms with Gasteiger partial charge in [0.15, 0.2) is 19.6 Å². The Hall–Kier alpha value is -2.06. The van der Waals surface area contributed by atoms with Crippen LogP contribution in [0.15, 0.2) is 53.8 Å². The molecular formula is C18H21N3O3S2. The summed E-state index contributed by atoms with van der Waals surface area (Å²) < 4.78 is 37.9. The number of aromatic nitrogens is 3. The minimum absolute atomic E-state index is 0.0198. The number of hydrogen-bond acceptors (Lipinski definition) is 5. The van der Waals surface area contributed by atoms with Gasteiger partial charge in [-0.1, -0.05) is 38.0 Å². The molecule has 1 N–H and O–H groups in total. The van der Waals surface area contributed by atoms with E-state index in [2.05, 4.69) is 15.0 Å². The van der Waals surface area contributed by atoms with Gasteiger partial charge < -0.3 is 4.98 Å². The lowest BCUT2D eigenvalue weighted by Crippen LogP contribution is -2.23. The predicted molar refractivity (Wildman–Crippen MR) is 103 cm³/mol. The van der Waals surface area contributed by atoms with Gasteiger partial charge in [0.2, 0.25) is 0 Å². The summed E-state index contributed by atoms with van der Waals surface area (Å²) in [5, 5.41) is 0.154. The Balaban J connectivity index is 2.01. The molecule has 0 aliphatic carbocycles. The molecule has 0 aliphatic rings. The Morgan fingerprint density at radius 1 is 1.12 bits per heavy atom. The first-order valence-electron chi connectivity index (χ1n) is 8.51. The van der Waals surface area contributed by atoms with Crippen molar-refractivity contribution in [2.75, 3.05) is 5.75 Å². The third-order valence-corrected chi connectivity index (χ3v) is 8.40. The van der Waals surface area contributed by atoms with Crippen LogP contribution in [0, 0.1) is 0 Å². The van der Waals surface area contributed by atoms with Crippen molar-refractivity contribution in [1.29, 1.82) is 0 Å². The fourth-order valence-electron chi connectivity index (χ4n) is 2.73. The van der Waals surface area contributed by atoms with Crippen LogP contribution >= 0.6 is 0 Å². The van der Waals surface area contributed by atoms with Crippen molar-refractivity contribution >= 4 is 31.7 Å². The number of imidazole rings is 1. The number of hydrogen-bond donors (Lipinski definition) is 1. The number of nitrogens with zero attached hydrogens (tertiary/aromatic N) is 2. The molecule has 2 atom stereocenters. The molecule has 1 aromatic carbocycles. The van der Waals surface area contributed by atoms with Crippen LogP contribution in [0.5, 0.6) is 0 Å². The molecule has 0 radical (unpaired) electrons. The minimum Gasteiger partial charge on any atom is -0.331 e. The number of benzene rings is 1. The summed E-state index contributed by atoms with van der Waals surface area (Å²) in [6.07, 6.45) is 3.78. The van der Waals surface area contributed by atoms with E-state index in [0.29, 0.717) is 11.9 Å². The van der Waals surface area contributed by atoms with Gasteiger partial charge in [0, 0.05) is 6.20 Å². The molecule has 26 heavy (non-hydrogen) atoms. The van der Waals surface area contributed by atoms with Crippen LogP contribution in [-0.2, 0) is 20.6 Å². The van der Waals surface area contributed by atoms with E-state index in [-0.39, 0.29) is 16.6 Å². The molecule has 3 rings (SSSR count). The maximum absolute atomic E-state index is 13.2. The van der Waals surface area contributed by atoms with E-state index in [4.69, 9.17) is 0 Å². The largest absolute Gasteiger partial charge is 0.331 e. The third-order valence-electron chi connectivity index (χ3n) is 4.04. The van der Waals surface area contributed by atoms with Gasteiger partial charge in [0.25, 0.3) is 0 Å². The zero-order valence-corrected chi connectivity index (χ0v) is 16.1. The van der Waals surface area contributed by atoms with Crippen LogP contribution in [0.3, 0.4) is 0 Å². The number of H-pyrrole nitrogens is 1. The fourth-order valence-corrected chi connectivity index (χ4v) is 6.64. The average Bonchev–Trinajstić information content (AvgIpc) is 3.07. The molecule has 0 saturated carbocycles. The molecule has 6 nitrogen and oxygen atoms in total. The van der Waals surface area contributed by atoms with Crippen molar-refractivity contribution in [3.8, 4) is 0 Å². The molecular weight excluding hydrogens is 370 g/mol. The van der Waals surface area contributed by atoms with Crippen LogP contribution < -0.4 is 0 Å². The summed E-state index contributed by atoms with van der Waals surface area (Å²) in [7, 11) is -5.55. The summed E-state index contributed by atoms with van der Waals surface area (Å²) in [6.45, 7) is 2.01. The molecule has 0 amide bonds. The molecule has 2 aromatic heterocycles. The highest BCUT2D eigenvalue weighted by Gasteiger charge is 2.36. The number of sulfone groups is 1. The molecule has 0 saturated heterocycles. The second-order valence-electron chi connectivity index (χ2n) is 6.02. The molecule has 3 aromatic rings. The third kappa shape index (κ3) is 4.02. The summed E-state index contributed by atoms with van der Waals surface area (Å²) in [6, 6.07) is 12.3. The van der Waals surface area contributed by atoms with Crippen molar-refractivity contribution < 1.29 is 12.6 Å². The zero-order chi connectivity index (χ0) is 18.6. The second kappa shape index (κ2) is 8.09. The van der Waals surface area contributed by atoms with Gasteiger partial charge in [0.1, 0.15) is 10.8 Å². The number of nitrogens with one attached hydrogen (secondary N) is 1. The van der Waals surface area contributed by atoms with Crippen LogP contribution in [0.4, 0.5) is 0 Å². The summed E-state index contributed by atoms with van der Waals surface area (Å²) >= 11 is 0. The lowest BCUT2D eigenvalue weighted by Gasteiger charge is -2.15. The van der Waals surface area contributed by atoms with E-state index in [1.54, 1.807) is 24.3 Å². The van der Waals surface area contributed by atoms with Gasteiger partial charge in [-0.3, -0.25) is 4.98 Å². The summed E-state index contributed by atoms with van der Waals surface area (Å²) in [5.41, 5.74) is 1.65. The highest BCUT2D eigenvalue weighted by Crippen LogP contribution is 2.30. The van der Waals surface area contributed by atoms with Crippen LogP contribution in [-0.4, -0.2) is 33.3 Å². The Morgan fingerprint density at radius 2 is 1.88 bits per heavy atom. The Morgan fingerprint density at radius 3 is 2.58 bits per heavy atom. The first kappa shape index (κ1) is 18.7. The van der Waals surface area contributed by atoms with Crippen LogP contribution in [0.2, 0.25) is 0 Å². The van der Waals surface area contributed by atoms with Crippen LogP contribution in [0.1, 0.15) is 36.5 Å². The molecule has 2 heterocycles. The van der Waals surface area contributed by atoms with E-state index in [1.165, 1.54) is 6.20 Å². The SMILES string of the molecule is CCCCCS(=O)(=O)C(c1ccccn1)S(=O)c1nc2ccccc2[nH]1. The molecule has 0 bridgehead atoms. The predicted octanol–water partition coefficient (Wildman–Crippen LogP) is 3.37. The van der Waals surface area contributed by atoms with Gasteiger partial charge >= 0.3 is 0 Å². The Labute approximate surface area is 155 Å². The maximum atomic E-state index is 13.2. The van der Waals surface area contributed by atoms with Crippen molar-refractivity contribution in [2.45, 2.75) is 35.9 Å². The first-order valence-corrected chi connectivity index (χ1v) is 11.4. The molecule has 0 spiro atoms. The number of para-hydroxylation sites is 2. The number of unbranched alkanes of at least 4 members (excludes halogenated alkanes) is 2. The number of pyridine rings is 1. The first-order chi connectivity index (χ1) is 12.5. The molecule has 2 unspecified atom stereocenters. The highest BCUT2D eigenvalue weighted by molar-refractivity contribution is 8.05. The van der Waals surface area contributed by atoms with Crippen molar-refractivity contribution in [3.63, 3.8) is 0 Å². The van der Waals surface area contributed by atoms with Gasteiger partial charge in [-0.2, -0.15) is 0 Å². The van der Waals surface area contributed by atoms with Crippen LogP contribution in [0.25, 0.3) is 11.0 Å². The number of rotatable bonds is 8. The molecule has 0 fully saturated rings. The normalized spacial score (nSPS) is 14.3. The molecule has 8 heteroatoms. The van der Waals surface area contributed by atoms with E-state index < -0.39 is 25.2 Å². The lowest BCUT2D eigenvalue weighted by molar-refractivity contribution is 0.586. The summed E-state index contributed by atoms with van der Waals surface area (Å²) in [4.78, 5) is 11.5. The highest BCUT2D eigenvalue weighted by atomic mass is 32.3. The van der Waals surface area contributed by atoms with E-state index in [1.807, 2.05) is 25.1 Å². The van der Waals surface area contributed by atoms with Gasteiger partial charge in [0.05, 0.1) is 22.5 Å². The van der Waals surface area contributed by atoms with E-state index >= 15 is 0 Å². The fraction of sp³-hybridized carbons (Fsp3) is 0.333. The van der Waals surface area contributed by atoms with Gasteiger partial charge in [-0.15, -0.1) is 0 Å². The van der Waals surface area contributed by atoms with E-state index in [0.717, 1.165) is 18.4 Å².